The summed E-state index contributed by atoms with van der Waals surface area (Å²) in [6.45, 7) is 2.92. The van der Waals surface area contributed by atoms with E-state index in [1.165, 1.54) is 4.90 Å². The summed E-state index contributed by atoms with van der Waals surface area (Å²) in [7, 11) is 3.81. The Labute approximate surface area is 175 Å². The van der Waals surface area contributed by atoms with Crippen molar-refractivity contribution in [1.29, 1.82) is 0 Å². The van der Waals surface area contributed by atoms with E-state index in [1.54, 1.807) is 30.5 Å². The third kappa shape index (κ3) is 3.57. The molecule has 1 aromatic carbocycles. The van der Waals surface area contributed by atoms with Crippen molar-refractivity contribution >= 4 is 17.4 Å². The second-order valence-corrected chi connectivity index (χ2v) is 8.01. The third-order valence-corrected chi connectivity index (χ3v) is 5.47. The number of benzene rings is 1. The summed E-state index contributed by atoms with van der Waals surface area (Å²) in [5, 5.41) is 11.1. The molecule has 4 rings (SSSR count). The van der Waals surface area contributed by atoms with Crippen LogP contribution in [0.2, 0.25) is 0 Å². The molecule has 0 spiro atoms. The number of amides is 1. The molecule has 2 unspecified atom stereocenters. The molecule has 2 aromatic rings. The van der Waals surface area contributed by atoms with E-state index in [9.17, 15) is 14.7 Å². The Balaban J connectivity index is 1.80. The zero-order valence-corrected chi connectivity index (χ0v) is 17.3. The van der Waals surface area contributed by atoms with Crippen molar-refractivity contribution in [3.63, 3.8) is 0 Å². The molecule has 7 heteroatoms. The molecular formula is C23H25N3O4. The van der Waals surface area contributed by atoms with Crippen molar-refractivity contribution in [2.45, 2.75) is 25.5 Å². The lowest BCUT2D eigenvalue weighted by atomic mass is 9.97. The number of nitrogens with zero attached hydrogens (tertiary/aromatic N) is 3. The number of fused-ring (bicyclic) bond motifs is 1. The van der Waals surface area contributed by atoms with Crippen LogP contribution in [0.1, 0.15) is 29.8 Å². The van der Waals surface area contributed by atoms with Gasteiger partial charge >= 0.3 is 0 Å². The second-order valence-electron chi connectivity index (χ2n) is 8.01. The molecule has 1 fully saturated rings. The standard InChI is InChI=1S/C23H25N3O4/c1-14-12-16-13-15(7-8-18(16)30-14)21(27)19-20(17-6-4-5-9-24-17)26(11-10-25(2)3)23(29)22(19)28/h4-9,13-14,20,27H,10-12H2,1-3H3/b21-19-. The van der Waals surface area contributed by atoms with Crippen molar-refractivity contribution < 1.29 is 19.4 Å². The largest absolute Gasteiger partial charge is 0.507 e. The number of pyridine rings is 1. The van der Waals surface area contributed by atoms with Crippen LogP contribution in [0.3, 0.4) is 0 Å². The summed E-state index contributed by atoms with van der Waals surface area (Å²) < 4.78 is 5.73. The first-order chi connectivity index (χ1) is 14.4. The lowest BCUT2D eigenvalue weighted by Gasteiger charge is -2.25. The molecule has 0 bridgehead atoms. The number of ether oxygens (including phenoxy) is 1. The van der Waals surface area contributed by atoms with Crippen LogP contribution in [0.4, 0.5) is 0 Å². The van der Waals surface area contributed by atoms with E-state index >= 15 is 0 Å². The Bertz CT molecular complexity index is 1020. The maximum atomic E-state index is 13.0. The first-order valence-electron chi connectivity index (χ1n) is 10.0. The Kier molecular flexibility index (Phi) is 5.30. The minimum absolute atomic E-state index is 0.0718. The second kappa shape index (κ2) is 7.91. The summed E-state index contributed by atoms with van der Waals surface area (Å²) in [6, 6.07) is 9.97. The highest BCUT2D eigenvalue weighted by molar-refractivity contribution is 6.46. The number of likely N-dealkylation sites (tertiary alicyclic amines) is 1. The van der Waals surface area contributed by atoms with Gasteiger partial charge in [0.25, 0.3) is 11.7 Å². The van der Waals surface area contributed by atoms with E-state index in [1.807, 2.05) is 38.1 Å². The lowest BCUT2D eigenvalue weighted by molar-refractivity contribution is -0.140. The van der Waals surface area contributed by atoms with Crippen LogP contribution in [-0.4, -0.2) is 64.9 Å². The number of aromatic nitrogens is 1. The minimum Gasteiger partial charge on any atom is -0.507 e. The quantitative estimate of drug-likeness (QED) is 0.466. The van der Waals surface area contributed by atoms with E-state index in [0.29, 0.717) is 24.3 Å². The fraction of sp³-hybridized carbons (Fsp3) is 0.348. The Morgan fingerprint density at radius 3 is 2.77 bits per heavy atom. The van der Waals surface area contributed by atoms with Gasteiger partial charge in [-0.25, -0.2) is 0 Å². The third-order valence-electron chi connectivity index (χ3n) is 5.47. The van der Waals surface area contributed by atoms with Gasteiger partial charge in [0.1, 0.15) is 23.7 Å². The molecule has 1 N–H and O–H groups in total. The highest BCUT2D eigenvalue weighted by Gasteiger charge is 2.46. The number of ketones is 1. The molecule has 2 aliphatic rings. The van der Waals surface area contributed by atoms with Gasteiger partial charge in [-0.05, 0) is 56.9 Å². The van der Waals surface area contributed by atoms with Crippen LogP contribution in [0, 0.1) is 0 Å². The van der Waals surface area contributed by atoms with Gasteiger partial charge in [-0.15, -0.1) is 0 Å². The van der Waals surface area contributed by atoms with E-state index in [-0.39, 0.29) is 17.4 Å². The van der Waals surface area contributed by atoms with Gasteiger partial charge in [-0.2, -0.15) is 0 Å². The number of carbonyl (C=O) groups excluding carboxylic acids is 2. The summed E-state index contributed by atoms with van der Waals surface area (Å²) in [5.74, 6) is -0.704. The van der Waals surface area contributed by atoms with Gasteiger partial charge in [0.15, 0.2) is 0 Å². The van der Waals surface area contributed by atoms with Gasteiger partial charge in [0.05, 0.1) is 11.3 Å². The molecule has 0 aliphatic carbocycles. The topological polar surface area (TPSA) is 83.0 Å². The maximum absolute atomic E-state index is 13.0. The summed E-state index contributed by atoms with van der Waals surface area (Å²) in [5.41, 5.74) is 2.10. The molecule has 1 amide bonds. The van der Waals surface area contributed by atoms with Crippen LogP contribution in [0.25, 0.3) is 5.76 Å². The summed E-state index contributed by atoms with van der Waals surface area (Å²) in [4.78, 5) is 33.6. The van der Waals surface area contributed by atoms with Crippen LogP contribution >= 0.6 is 0 Å². The number of rotatable bonds is 5. The average Bonchev–Trinajstić information content (AvgIpc) is 3.22. The number of carbonyl (C=O) groups is 2. The van der Waals surface area contributed by atoms with Crippen molar-refractivity contribution in [3.8, 4) is 5.75 Å². The molecule has 30 heavy (non-hydrogen) atoms. The van der Waals surface area contributed by atoms with Crippen molar-refractivity contribution in [3.05, 3.63) is 65.0 Å². The van der Waals surface area contributed by atoms with E-state index in [4.69, 9.17) is 4.74 Å². The highest BCUT2D eigenvalue weighted by atomic mass is 16.5. The zero-order chi connectivity index (χ0) is 21.4. The molecule has 156 valence electrons. The van der Waals surface area contributed by atoms with E-state index in [0.717, 1.165) is 17.7 Å². The molecule has 7 nitrogen and oxygen atoms in total. The average molecular weight is 407 g/mol. The van der Waals surface area contributed by atoms with Gasteiger partial charge in [-0.3, -0.25) is 14.6 Å². The van der Waals surface area contributed by atoms with Gasteiger partial charge in [0, 0.05) is 31.3 Å². The van der Waals surface area contributed by atoms with Gasteiger partial charge in [-0.1, -0.05) is 6.07 Å². The molecule has 2 atom stereocenters. The molecular weight excluding hydrogens is 382 g/mol. The summed E-state index contributed by atoms with van der Waals surface area (Å²) >= 11 is 0. The predicted octanol–water partition coefficient (Wildman–Crippen LogP) is 2.39. The van der Waals surface area contributed by atoms with Crippen molar-refractivity contribution in [2.75, 3.05) is 27.2 Å². The van der Waals surface area contributed by atoms with Crippen LogP contribution in [-0.2, 0) is 16.0 Å². The monoisotopic (exact) mass is 407 g/mol. The van der Waals surface area contributed by atoms with Crippen LogP contribution in [0.5, 0.6) is 5.75 Å². The molecule has 0 radical (unpaired) electrons. The Morgan fingerprint density at radius 1 is 1.27 bits per heavy atom. The van der Waals surface area contributed by atoms with E-state index in [2.05, 4.69) is 4.98 Å². The molecule has 1 saturated heterocycles. The highest BCUT2D eigenvalue weighted by Crippen LogP contribution is 2.39. The van der Waals surface area contributed by atoms with Crippen LogP contribution < -0.4 is 4.74 Å². The SMILES string of the molecule is CC1Cc2cc(/C(O)=C3/C(=O)C(=O)N(CCN(C)C)C3c3ccccn3)ccc2O1. The number of hydrogen-bond acceptors (Lipinski definition) is 6. The first kappa shape index (κ1) is 20.1. The predicted molar refractivity (Wildman–Crippen MR) is 112 cm³/mol. The van der Waals surface area contributed by atoms with Crippen molar-refractivity contribution in [1.82, 2.24) is 14.8 Å². The Morgan fingerprint density at radius 2 is 2.07 bits per heavy atom. The fourth-order valence-electron chi connectivity index (χ4n) is 3.99. The van der Waals surface area contributed by atoms with Gasteiger partial charge in [0.2, 0.25) is 0 Å². The number of hydrogen-bond donors (Lipinski definition) is 1. The smallest absolute Gasteiger partial charge is 0.295 e. The maximum Gasteiger partial charge on any atom is 0.295 e. The number of aliphatic hydroxyl groups excluding tert-OH is 1. The Hall–Kier alpha value is -3.19. The minimum atomic E-state index is -0.727. The lowest BCUT2D eigenvalue weighted by Crippen LogP contribution is -2.35. The number of likely N-dealkylation sites (N-methyl/N-ethyl adjacent to an activating group) is 1. The molecule has 2 aliphatic heterocycles. The summed E-state index contributed by atoms with van der Waals surface area (Å²) in [6.07, 6.45) is 2.43. The van der Waals surface area contributed by atoms with Gasteiger partial charge < -0.3 is 19.6 Å². The molecule has 1 aromatic heterocycles. The number of aliphatic hydroxyl groups is 1. The number of Topliss-reactive ketones (excluding diaryl/α,β-unsaturated/α-hetero) is 1. The fourth-order valence-corrected chi connectivity index (χ4v) is 3.99. The van der Waals surface area contributed by atoms with Crippen LogP contribution in [0.15, 0.2) is 48.2 Å². The molecule has 0 saturated carbocycles. The van der Waals surface area contributed by atoms with E-state index < -0.39 is 17.7 Å². The zero-order valence-electron chi connectivity index (χ0n) is 17.3. The molecule has 3 heterocycles. The normalized spacial score (nSPS) is 22.5. The van der Waals surface area contributed by atoms with Crippen molar-refractivity contribution in [2.24, 2.45) is 0 Å². The first-order valence-corrected chi connectivity index (χ1v) is 10.0.